The molecule has 0 amide bonds. The normalized spacial score (nSPS) is 16.9. The van der Waals surface area contributed by atoms with Gasteiger partial charge >= 0.3 is 0 Å². The van der Waals surface area contributed by atoms with Crippen molar-refractivity contribution in [3.63, 3.8) is 0 Å². The molecule has 0 spiro atoms. The molecule has 0 aliphatic carbocycles. The standard InChI is InChI=1S/C17H23N3O2/c1-12-14-5-3-4-6-15(14)22-16(12)11-19-17(18-2)20-13-7-9-21-10-8-13/h3-6,13H,7-11H2,1-2H3,(H2,18,19,20). The summed E-state index contributed by atoms with van der Waals surface area (Å²) in [5.41, 5.74) is 2.12. The highest BCUT2D eigenvalue weighted by molar-refractivity contribution is 5.83. The predicted molar refractivity (Wildman–Crippen MR) is 88.1 cm³/mol. The van der Waals surface area contributed by atoms with E-state index in [2.05, 4.69) is 28.6 Å². The predicted octanol–water partition coefficient (Wildman–Crippen LogP) is 2.59. The SMILES string of the molecule is CN=C(NCc1oc2ccccc2c1C)NC1CCOCC1. The number of aliphatic imine (C=N–C) groups is 1. The van der Waals surface area contributed by atoms with Crippen LogP contribution in [0.5, 0.6) is 0 Å². The van der Waals surface area contributed by atoms with E-state index in [0.29, 0.717) is 12.6 Å². The van der Waals surface area contributed by atoms with Crippen molar-refractivity contribution >= 4 is 16.9 Å². The molecule has 1 aromatic carbocycles. The Morgan fingerprint density at radius 3 is 2.77 bits per heavy atom. The fourth-order valence-electron chi connectivity index (χ4n) is 2.79. The van der Waals surface area contributed by atoms with E-state index in [1.165, 1.54) is 10.9 Å². The molecule has 3 rings (SSSR count). The molecular weight excluding hydrogens is 278 g/mol. The molecule has 0 radical (unpaired) electrons. The molecule has 0 bridgehead atoms. The lowest BCUT2D eigenvalue weighted by molar-refractivity contribution is 0.0822. The van der Waals surface area contributed by atoms with Crippen LogP contribution in [0.4, 0.5) is 0 Å². The Hall–Kier alpha value is -2.01. The van der Waals surface area contributed by atoms with Gasteiger partial charge in [-0.1, -0.05) is 18.2 Å². The van der Waals surface area contributed by atoms with Crippen LogP contribution in [0.1, 0.15) is 24.2 Å². The van der Waals surface area contributed by atoms with E-state index in [0.717, 1.165) is 43.4 Å². The minimum Gasteiger partial charge on any atom is -0.459 e. The first-order valence-corrected chi connectivity index (χ1v) is 7.80. The highest BCUT2D eigenvalue weighted by atomic mass is 16.5. The number of benzene rings is 1. The van der Waals surface area contributed by atoms with Crippen LogP contribution in [0, 0.1) is 6.92 Å². The van der Waals surface area contributed by atoms with Gasteiger partial charge in [0.25, 0.3) is 0 Å². The Bertz CT molecular complexity index is 657. The van der Waals surface area contributed by atoms with Crippen molar-refractivity contribution in [3.05, 3.63) is 35.6 Å². The zero-order valence-electron chi connectivity index (χ0n) is 13.2. The number of aryl methyl sites for hydroxylation is 1. The van der Waals surface area contributed by atoms with E-state index >= 15 is 0 Å². The second kappa shape index (κ2) is 6.83. The Morgan fingerprint density at radius 2 is 2.05 bits per heavy atom. The fourth-order valence-corrected chi connectivity index (χ4v) is 2.79. The van der Waals surface area contributed by atoms with Crippen LogP contribution in [-0.2, 0) is 11.3 Å². The largest absolute Gasteiger partial charge is 0.459 e. The number of hydrogen-bond donors (Lipinski definition) is 2. The van der Waals surface area contributed by atoms with Crippen molar-refractivity contribution in [1.29, 1.82) is 0 Å². The van der Waals surface area contributed by atoms with E-state index in [1.807, 2.05) is 18.2 Å². The lowest BCUT2D eigenvalue weighted by Gasteiger charge is -2.25. The van der Waals surface area contributed by atoms with Crippen molar-refractivity contribution in [1.82, 2.24) is 10.6 Å². The number of nitrogens with one attached hydrogen (secondary N) is 2. The number of guanidine groups is 1. The number of ether oxygens (including phenoxy) is 1. The van der Waals surface area contributed by atoms with Gasteiger partial charge in [0.1, 0.15) is 11.3 Å². The maximum absolute atomic E-state index is 5.92. The number of nitrogens with zero attached hydrogens (tertiary/aromatic N) is 1. The van der Waals surface area contributed by atoms with E-state index in [9.17, 15) is 0 Å². The van der Waals surface area contributed by atoms with E-state index < -0.39 is 0 Å². The van der Waals surface area contributed by atoms with Gasteiger partial charge in [-0.2, -0.15) is 0 Å². The summed E-state index contributed by atoms with van der Waals surface area (Å²) >= 11 is 0. The lowest BCUT2D eigenvalue weighted by Crippen LogP contribution is -2.45. The summed E-state index contributed by atoms with van der Waals surface area (Å²) in [4.78, 5) is 4.29. The highest BCUT2D eigenvalue weighted by Crippen LogP contribution is 2.24. The van der Waals surface area contributed by atoms with Crippen molar-refractivity contribution in [2.45, 2.75) is 32.4 Å². The Balaban J connectivity index is 1.63. The average Bonchev–Trinajstić information content (AvgIpc) is 2.89. The summed E-state index contributed by atoms with van der Waals surface area (Å²) in [5.74, 6) is 1.77. The minimum atomic E-state index is 0.428. The van der Waals surface area contributed by atoms with Gasteiger partial charge < -0.3 is 19.8 Å². The first-order valence-electron chi connectivity index (χ1n) is 7.80. The van der Waals surface area contributed by atoms with Crippen molar-refractivity contribution < 1.29 is 9.15 Å². The van der Waals surface area contributed by atoms with Crippen LogP contribution >= 0.6 is 0 Å². The first-order chi connectivity index (χ1) is 10.8. The topological polar surface area (TPSA) is 58.8 Å². The molecule has 2 aromatic rings. The van der Waals surface area contributed by atoms with Crippen molar-refractivity contribution in [2.24, 2.45) is 4.99 Å². The third-order valence-corrected chi connectivity index (χ3v) is 4.14. The number of fused-ring (bicyclic) bond motifs is 1. The molecule has 0 saturated carbocycles. The summed E-state index contributed by atoms with van der Waals surface area (Å²) in [6.45, 7) is 4.36. The molecule has 0 atom stereocenters. The molecule has 5 heteroatoms. The van der Waals surface area contributed by atoms with Crippen LogP contribution in [0.15, 0.2) is 33.7 Å². The molecule has 1 aliphatic heterocycles. The number of furan rings is 1. The van der Waals surface area contributed by atoms with Gasteiger partial charge in [-0.15, -0.1) is 0 Å². The third-order valence-electron chi connectivity index (χ3n) is 4.14. The van der Waals surface area contributed by atoms with Gasteiger partial charge in [0.2, 0.25) is 0 Å². The monoisotopic (exact) mass is 301 g/mol. The molecule has 2 N–H and O–H groups in total. The van der Waals surface area contributed by atoms with E-state index in [4.69, 9.17) is 9.15 Å². The quantitative estimate of drug-likeness (QED) is 0.676. The summed E-state index contributed by atoms with van der Waals surface area (Å²) in [6, 6.07) is 8.55. The van der Waals surface area contributed by atoms with Gasteiger partial charge in [-0.3, -0.25) is 4.99 Å². The second-order valence-corrected chi connectivity index (χ2v) is 5.60. The smallest absolute Gasteiger partial charge is 0.191 e. The number of para-hydroxylation sites is 1. The van der Waals surface area contributed by atoms with Gasteiger partial charge in [-0.05, 0) is 25.8 Å². The summed E-state index contributed by atoms with van der Waals surface area (Å²) in [7, 11) is 1.79. The van der Waals surface area contributed by atoms with Crippen LogP contribution in [0.2, 0.25) is 0 Å². The molecule has 1 aliphatic rings. The third kappa shape index (κ3) is 3.25. The molecule has 0 unspecified atom stereocenters. The number of hydrogen-bond acceptors (Lipinski definition) is 3. The van der Waals surface area contributed by atoms with E-state index in [-0.39, 0.29) is 0 Å². The van der Waals surface area contributed by atoms with Crippen molar-refractivity contribution in [3.8, 4) is 0 Å². The molecular formula is C17H23N3O2. The zero-order chi connectivity index (χ0) is 15.4. The van der Waals surface area contributed by atoms with Crippen LogP contribution in [-0.4, -0.2) is 32.3 Å². The summed E-state index contributed by atoms with van der Waals surface area (Å²) < 4.78 is 11.3. The Labute approximate surface area is 130 Å². The van der Waals surface area contributed by atoms with Crippen LogP contribution in [0.3, 0.4) is 0 Å². The van der Waals surface area contributed by atoms with Crippen LogP contribution in [0.25, 0.3) is 11.0 Å². The second-order valence-electron chi connectivity index (χ2n) is 5.60. The highest BCUT2D eigenvalue weighted by Gasteiger charge is 2.15. The lowest BCUT2D eigenvalue weighted by atomic mass is 10.1. The molecule has 1 aromatic heterocycles. The first kappa shape index (κ1) is 14.9. The zero-order valence-corrected chi connectivity index (χ0v) is 13.2. The Morgan fingerprint density at radius 1 is 1.27 bits per heavy atom. The van der Waals surface area contributed by atoms with Gasteiger partial charge in [0.15, 0.2) is 5.96 Å². The van der Waals surface area contributed by atoms with Gasteiger partial charge in [-0.25, -0.2) is 0 Å². The molecule has 22 heavy (non-hydrogen) atoms. The average molecular weight is 301 g/mol. The number of rotatable bonds is 3. The van der Waals surface area contributed by atoms with Crippen LogP contribution < -0.4 is 10.6 Å². The van der Waals surface area contributed by atoms with Crippen molar-refractivity contribution in [2.75, 3.05) is 20.3 Å². The van der Waals surface area contributed by atoms with Gasteiger partial charge in [0.05, 0.1) is 6.54 Å². The Kier molecular flexibility index (Phi) is 4.63. The molecule has 5 nitrogen and oxygen atoms in total. The molecule has 118 valence electrons. The fraction of sp³-hybridized carbons (Fsp3) is 0.471. The summed E-state index contributed by atoms with van der Waals surface area (Å²) in [5, 5.41) is 7.96. The molecule has 1 saturated heterocycles. The van der Waals surface area contributed by atoms with E-state index in [1.54, 1.807) is 7.05 Å². The maximum Gasteiger partial charge on any atom is 0.191 e. The summed E-state index contributed by atoms with van der Waals surface area (Å²) in [6.07, 6.45) is 2.04. The molecule has 2 heterocycles. The maximum atomic E-state index is 5.92. The van der Waals surface area contributed by atoms with Gasteiger partial charge in [0, 0.05) is 37.3 Å². The molecule has 1 fully saturated rings. The minimum absolute atomic E-state index is 0.428.